The van der Waals surface area contributed by atoms with Crippen LogP contribution in [0.5, 0.6) is 11.8 Å². The third kappa shape index (κ3) is 4.50. The summed E-state index contributed by atoms with van der Waals surface area (Å²) in [6, 6.07) is 11.1. The van der Waals surface area contributed by atoms with Gasteiger partial charge in [0.1, 0.15) is 24.3 Å². The first-order chi connectivity index (χ1) is 21.3. The number of rotatable bonds is 6. The molecule has 4 saturated heterocycles. The van der Waals surface area contributed by atoms with E-state index in [9.17, 15) is 9.50 Å². The van der Waals surface area contributed by atoms with Gasteiger partial charge in [-0.1, -0.05) is 25.1 Å². The van der Waals surface area contributed by atoms with E-state index in [0.717, 1.165) is 88.9 Å². The monoisotopic (exact) mass is 596 g/mol. The van der Waals surface area contributed by atoms with Crippen LogP contribution in [0.4, 0.5) is 10.2 Å². The van der Waals surface area contributed by atoms with E-state index in [4.69, 9.17) is 19.7 Å². The number of aromatic nitrogens is 3. The van der Waals surface area contributed by atoms with Gasteiger partial charge in [0.05, 0.1) is 27.8 Å². The molecule has 0 amide bonds. The Morgan fingerprint density at radius 3 is 2.68 bits per heavy atom. The first-order valence-corrected chi connectivity index (χ1v) is 16.3. The maximum Gasteiger partial charge on any atom is 0.319 e. The topological polar surface area (TPSA) is 86.6 Å². The minimum atomic E-state index is -0.813. The molecule has 2 aromatic carbocycles. The van der Waals surface area contributed by atoms with Crippen molar-refractivity contribution in [3.8, 4) is 23.0 Å². The number of pyridine rings is 1. The van der Waals surface area contributed by atoms with Gasteiger partial charge in [-0.2, -0.15) is 9.97 Å². The van der Waals surface area contributed by atoms with Crippen molar-refractivity contribution in [1.82, 2.24) is 25.2 Å². The van der Waals surface area contributed by atoms with Gasteiger partial charge in [-0.15, -0.1) is 0 Å². The van der Waals surface area contributed by atoms with Gasteiger partial charge in [0.15, 0.2) is 0 Å². The highest BCUT2D eigenvalue weighted by molar-refractivity contribution is 6.03. The maximum atomic E-state index is 14.5. The van der Waals surface area contributed by atoms with E-state index in [0.29, 0.717) is 37.7 Å². The zero-order chi connectivity index (χ0) is 30.2. The molecule has 4 aliphatic heterocycles. The number of ether oxygens (including phenoxy) is 1. The molecule has 8 rings (SSSR count). The third-order valence-corrected chi connectivity index (χ3v) is 10.7. The molecule has 2 unspecified atom stereocenters. The Kier molecular flexibility index (Phi) is 6.68. The van der Waals surface area contributed by atoms with Crippen LogP contribution in [0.25, 0.3) is 32.9 Å². The number of nitrogens with zero attached hydrogens (tertiary/aromatic N) is 5. The molecule has 0 saturated carbocycles. The molecule has 6 heterocycles. The van der Waals surface area contributed by atoms with E-state index >= 15 is 0 Å². The summed E-state index contributed by atoms with van der Waals surface area (Å²) >= 11 is 0. The molecule has 0 aliphatic carbocycles. The van der Waals surface area contributed by atoms with Crippen molar-refractivity contribution in [3.05, 3.63) is 47.2 Å². The van der Waals surface area contributed by atoms with Crippen LogP contribution in [0.1, 0.15) is 55.8 Å². The van der Waals surface area contributed by atoms with Crippen LogP contribution >= 0.6 is 0 Å². The standard InChI is InChI=1S/C35H41FN6O2/c1-4-22-7-5-8-23-13-27(43)14-28(30(22)23)31-20(2)32-29(21(3)37-31)33(41-17-25-9-10-26(18-41)38-25)40-34(39-32)44-19-35-11-6-12-42(35)16-24(36)15-35/h5,7-8,13-14,24-26,38,43H,4,6,9-12,15-19H2,1-3H3/t24-,25?,26?,35+/m1/s1. The molecular weight excluding hydrogens is 555 g/mol. The van der Waals surface area contributed by atoms with E-state index in [1.165, 1.54) is 18.4 Å². The first kappa shape index (κ1) is 28.0. The zero-order valence-electron chi connectivity index (χ0n) is 25.9. The molecule has 4 aliphatic rings. The second-order valence-corrected chi connectivity index (χ2v) is 13.5. The highest BCUT2D eigenvalue weighted by atomic mass is 19.1. The molecule has 2 N–H and O–H groups in total. The Bertz CT molecular complexity index is 1770. The van der Waals surface area contributed by atoms with Gasteiger partial charge in [0.2, 0.25) is 0 Å². The summed E-state index contributed by atoms with van der Waals surface area (Å²) in [6.07, 6.45) is 4.90. The molecule has 0 spiro atoms. The van der Waals surface area contributed by atoms with E-state index < -0.39 is 6.17 Å². The lowest BCUT2D eigenvalue weighted by Gasteiger charge is -2.35. The van der Waals surface area contributed by atoms with Gasteiger partial charge in [-0.25, -0.2) is 4.39 Å². The van der Waals surface area contributed by atoms with E-state index in [1.54, 1.807) is 0 Å². The van der Waals surface area contributed by atoms with Crippen LogP contribution in [0.15, 0.2) is 30.3 Å². The smallest absolute Gasteiger partial charge is 0.319 e. The molecule has 44 heavy (non-hydrogen) atoms. The van der Waals surface area contributed by atoms with Crippen LogP contribution < -0.4 is 15.0 Å². The van der Waals surface area contributed by atoms with Crippen molar-refractivity contribution in [2.45, 2.75) is 83.1 Å². The van der Waals surface area contributed by atoms with Gasteiger partial charge in [0.25, 0.3) is 0 Å². The first-order valence-electron chi connectivity index (χ1n) is 16.3. The fourth-order valence-electron chi connectivity index (χ4n) is 8.60. The number of halogens is 1. The van der Waals surface area contributed by atoms with E-state index in [1.807, 2.05) is 31.2 Å². The summed E-state index contributed by atoms with van der Waals surface area (Å²) < 4.78 is 21.0. The summed E-state index contributed by atoms with van der Waals surface area (Å²) in [6.45, 7) is 9.81. The molecule has 4 atom stereocenters. The largest absolute Gasteiger partial charge is 0.508 e. The van der Waals surface area contributed by atoms with Crippen LogP contribution in [0.2, 0.25) is 0 Å². The molecular formula is C35H41FN6O2. The maximum absolute atomic E-state index is 14.5. The number of hydrogen-bond donors (Lipinski definition) is 2. The van der Waals surface area contributed by atoms with Crippen LogP contribution in [-0.4, -0.2) is 81.5 Å². The molecule has 4 fully saturated rings. The Balaban J connectivity index is 1.29. The summed E-state index contributed by atoms with van der Waals surface area (Å²) in [5.74, 6) is 1.08. The minimum absolute atomic E-state index is 0.214. The number of nitrogens with one attached hydrogen (secondary N) is 1. The Hall–Kier alpha value is -3.56. The number of alkyl halides is 1. The number of benzene rings is 2. The number of phenolic OH excluding ortho intramolecular Hbond substituents is 1. The Morgan fingerprint density at radius 2 is 1.89 bits per heavy atom. The lowest BCUT2D eigenvalue weighted by Crippen LogP contribution is -2.51. The van der Waals surface area contributed by atoms with E-state index in [2.05, 4.69) is 35.0 Å². The van der Waals surface area contributed by atoms with Crippen molar-refractivity contribution in [1.29, 1.82) is 0 Å². The summed E-state index contributed by atoms with van der Waals surface area (Å²) in [7, 11) is 0. The molecule has 9 heteroatoms. The predicted octanol–water partition coefficient (Wildman–Crippen LogP) is 5.63. The third-order valence-electron chi connectivity index (χ3n) is 10.7. The number of piperazine rings is 1. The number of hydrogen-bond acceptors (Lipinski definition) is 8. The summed E-state index contributed by atoms with van der Waals surface area (Å²) in [4.78, 5) is 20.0. The van der Waals surface area contributed by atoms with Crippen molar-refractivity contribution < 1.29 is 14.2 Å². The molecule has 8 nitrogen and oxygen atoms in total. The van der Waals surface area contributed by atoms with Gasteiger partial charge < -0.3 is 20.1 Å². The fraction of sp³-hybridized carbons (Fsp3) is 0.514. The highest BCUT2D eigenvalue weighted by Gasteiger charge is 2.49. The van der Waals surface area contributed by atoms with Gasteiger partial charge in [-0.3, -0.25) is 9.88 Å². The lowest BCUT2D eigenvalue weighted by atomic mass is 9.93. The van der Waals surface area contributed by atoms with Crippen molar-refractivity contribution in [2.75, 3.05) is 37.7 Å². The quantitative estimate of drug-likeness (QED) is 0.297. The number of aromatic hydroxyl groups is 1. The highest BCUT2D eigenvalue weighted by Crippen LogP contribution is 2.42. The van der Waals surface area contributed by atoms with Crippen LogP contribution in [0.3, 0.4) is 0 Å². The molecule has 2 bridgehead atoms. The normalized spacial score (nSPS) is 26.6. The number of fused-ring (bicyclic) bond motifs is 5. The second-order valence-electron chi connectivity index (χ2n) is 13.5. The van der Waals surface area contributed by atoms with Crippen molar-refractivity contribution in [3.63, 3.8) is 0 Å². The van der Waals surface area contributed by atoms with Gasteiger partial charge in [-0.05, 0) is 81.0 Å². The summed E-state index contributed by atoms with van der Waals surface area (Å²) in [5.41, 5.74) is 5.25. The van der Waals surface area contributed by atoms with Crippen molar-refractivity contribution >= 4 is 27.5 Å². The zero-order valence-corrected chi connectivity index (χ0v) is 25.9. The van der Waals surface area contributed by atoms with Gasteiger partial charge >= 0.3 is 6.01 Å². The molecule has 2 aromatic heterocycles. The lowest BCUT2D eigenvalue weighted by molar-refractivity contribution is 0.107. The predicted molar refractivity (Wildman–Crippen MR) is 171 cm³/mol. The Labute approximate surface area is 257 Å². The molecule has 4 aromatic rings. The van der Waals surface area contributed by atoms with Gasteiger partial charge in [0, 0.05) is 49.3 Å². The molecule has 230 valence electrons. The van der Waals surface area contributed by atoms with E-state index in [-0.39, 0.29) is 11.3 Å². The summed E-state index contributed by atoms with van der Waals surface area (Å²) in [5, 5.41) is 17.6. The van der Waals surface area contributed by atoms with Crippen molar-refractivity contribution in [2.24, 2.45) is 0 Å². The number of anilines is 1. The average Bonchev–Trinajstić information content (AvgIpc) is 3.66. The minimum Gasteiger partial charge on any atom is -0.508 e. The number of phenols is 1. The SMILES string of the molecule is CCc1cccc2cc(O)cc(-c3nc(C)c4c(N5CC6CCC(C5)N6)nc(OC[C@@]56CCCN5C[C@H](F)C6)nc4c3C)c12. The van der Waals surface area contributed by atoms with Crippen LogP contribution in [0, 0.1) is 13.8 Å². The van der Waals surface area contributed by atoms with Crippen LogP contribution in [-0.2, 0) is 6.42 Å². The second kappa shape index (κ2) is 10.5. The fourth-order valence-corrected chi connectivity index (χ4v) is 8.60. The average molecular weight is 597 g/mol. The molecule has 0 radical (unpaired) electrons. The number of aryl methyl sites for hydroxylation is 3. The Morgan fingerprint density at radius 1 is 1.07 bits per heavy atom.